The maximum Gasteiger partial charge on any atom is 0.191 e. The zero-order valence-electron chi connectivity index (χ0n) is 14.2. The van der Waals surface area contributed by atoms with Crippen LogP contribution in [0.3, 0.4) is 0 Å². The number of nitrogens with zero attached hydrogens (tertiary/aromatic N) is 3. The van der Waals surface area contributed by atoms with Gasteiger partial charge in [0, 0.05) is 18.3 Å². The molecule has 24 heavy (non-hydrogen) atoms. The van der Waals surface area contributed by atoms with E-state index in [1.165, 1.54) is 5.56 Å². The third kappa shape index (κ3) is 4.37. The van der Waals surface area contributed by atoms with Crippen LogP contribution in [0.25, 0.3) is 0 Å². The number of thioether (sulfide) groups is 1. The van der Waals surface area contributed by atoms with Gasteiger partial charge in [-0.3, -0.25) is 0 Å². The fourth-order valence-corrected chi connectivity index (χ4v) is 3.92. The van der Waals surface area contributed by atoms with Crippen molar-refractivity contribution in [2.24, 2.45) is 5.92 Å². The maximum absolute atomic E-state index is 9.26. The second kappa shape index (κ2) is 8.65. The van der Waals surface area contributed by atoms with Crippen LogP contribution in [0.2, 0.25) is 0 Å². The molecule has 0 radical (unpaired) electrons. The van der Waals surface area contributed by atoms with E-state index in [9.17, 15) is 5.11 Å². The molecule has 6 heteroatoms. The van der Waals surface area contributed by atoms with Crippen molar-refractivity contribution in [1.82, 2.24) is 20.1 Å². The van der Waals surface area contributed by atoms with Crippen LogP contribution < -0.4 is 5.32 Å². The molecule has 1 aliphatic rings. The van der Waals surface area contributed by atoms with E-state index >= 15 is 0 Å². The van der Waals surface area contributed by atoms with E-state index in [-0.39, 0.29) is 12.5 Å². The highest BCUT2D eigenvalue weighted by Gasteiger charge is 2.23. The molecular formula is C18H26N4OS. The van der Waals surface area contributed by atoms with Gasteiger partial charge in [0.05, 0.1) is 6.54 Å². The minimum Gasteiger partial charge on any atom is -0.396 e. The minimum atomic E-state index is 0.209. The van der Waals surface area contributed by atoms with Gasteiger partial charge in [0.15, 0.2) is 5.16 Å². The van der Waals surface area contributed by atoms with E-state index in [2.05, 4.69) is 51.3 Å². The molecule has 5 nitrogen and oxygen atoms in total. The van der Waals surface area contributed by atoms with Gasteiger partial charge in [-0.2, -0.15) is 0 Å². The van der Waals surface area contributed by atoms with Crippen molar-refractivity contribution < 1.29 is 5.11 Å². The first kappa shape index (κ1) is 17.5. The van der Waals surface area contributed by atoms with Gasteiger partial charge in [0.2, 0.25) is 0 Å². The van der Waals surface area contributed by atoms with E-state index in [1.807, 2.05) is 6.07 Å². The number of hydrogen-bond acceptors (Lipinski definition) is 5. The molecule has 2 heterocycles. The average molecular weight is 347 g/mol. The lowest BCUT2D eigenvalue weighted by molar-refractivity contribution is 0.250. The second-order valence-corrected chi connectivity index (χ2v) is 7.52. The third-order valence-electron chi connectivity index (χ3n) is 4.44. The highest BCUT2D eigenvalue weighted by molar-refractivity contribution is 7.99. The lowest BCUT2D eigenvalue weighted by Gasteiger charge is -2.23. The lowest BCUT2D eigenvalue weighted by atomic mass is 9.97. The van der Waals surface area contributed by atoms with Crippen LogP contribution >= 0.6 is 11.8 Å². The first-order valence-electron chi connectivity index (χ1n) is 8.69. The summed E-state index contributed by atoms with van der Waals surface area (Å²) in [6.45, 7) is 5.17. The predicted molar refractivity (Wildman–Crippen MR) is 97.4 cm³/mol. The number of aliphatic hydroxyl groups is 1. The maximum atomic E-state index is 9.26. The number of rotatable bonds is 7. The molecule has 0 spiro atoms. The second-order valence-electron chi connectivity index (χ2n) is 6.54. The van der Waals surface area contributed by atoms with E-state index in [0.29, 0.717) is 5.92 Å². The van der Waals surface area contributed by atoms with Crippen molar-refractivity contribution in [2.75, 3.05) is 25.4 Å². The molecule has 2 aromatic rings. The van der Waals surface area contributed by atoms with Crippen LogP contribution in [-0.4, -0.2) is 45.3 Å². The molecular weight excluding hydrogens is 320 g/mol. The molecule has 1 atom stereocenters. The summed E-state index contributed by atoms with van der Waals surface area (Å²) in [7, 11) is 0. The molecule has 2 N–H and O–H groups in total. The molecule has 1 aromatic carbocycles. The van der Waals surface area contributed by atoms with E-state index in [0.717, 1.165) is 49.2 Å². The smallest absolute Gasteiger partial charge is 0.191 e. The van der Waals surface area contributed by atoms with Gasteiger partial charge >= 0.3 is 0 Å². The Bertz CT molecular complexity index is 625. The van der Waals surface area contributed by atoms with E-state index in [4.69, 9.17) is 0 Å². The van der Waals surface area contributed by atoms with Crippen LogP contribution in [0.4, 0.5) is 0 Å². The number of nitrogens with one attached hydrogen (secondary N) is 1. The molecule has 130 valence electrons. The van der Waals surface area contributed by atoms with E-state index < -0.39 is 0 Å². The molecule has 0 bridgehead atoms. The van der Waals surface area contributed by atoms with Crippen molar-refractivity contribution in [1.29, 1.82) is 0 Å². The van der Waals surface area contributed by atoms with Gasteiger partial charge in [-0.05, 0) is 37.4 Å². The molecule has 1 fully saturated rings. The molecule has 1 aromatic heterocycles. The van der Waals surface area contributed by atoms with Crippen molar-refractivity contribution >= 4 is 11.8 Å². The standard InChI is InChI=1S/C18H26N4OS/c1-14(12-23)13-24-18-21-20-17(16-7-9-19-10-8-16)22(18)11-15-5-3-2-4-6-15/h2-6,14,16,19,23H,7-13H2,1H3/t14-/m1/s1. The summed E-state index contributed by atoms with van der Waals surface area (Å²) in [4.78, 5) is 0. The van der Waals surface area contributed by atoms with Crippen LogP contribution in [0.15, 0.2) is 35.5 Å². The summed E-state index contributed by atoms with van der Waals surface area (Å²) in [6.07, 6.45) is 2.23. The van der Waals surface area contributed by atoms with Crippen molar-refractivity contribution in [3.05, 3.63) is 41.7 Å². The summed E-state index contributed by atoms with van der Waals surface area (Å²) in [5.41, 5.74) is 1.27. The zero-order valence-corrected chi connectivity index (χ0v) is 15.0. The Balaban J connectivity index is 1.83. The molecule has 0 amide bonds. The number of aliphatic hydroxyl groups excluding tert-OH is 1. The van der Waals surface area contributed by atoms with Gasteiger partial charge in [-0.1, -0.05) is 49.0 Å². The van der Waals surface area contributed by atoms with Crippen LogP contribution in [0.1, 0.15) is 37.1 Å². The Labute approximate surface area is 147 Å². The summed E-state index contributed by atoms with van der Waals surface area (Å²) in [5.74, 6) is 2.71. The summed E-state index contributed by atoms with van der Waals surface area (Å²) in [5, 5.41) is 22.7. The summed E-state index contributed by atoms with van der Waals surface area (Å²) in [6, 6.07) is 10.5. The zero-order chi connectivity index (χ0) is 16.8. The minimum absolute atomic E-state index is 0.209. The number of aromatic nitrogens is 3. The SMILES string of the molecule is C[C@H](CO)CSc1nnc(C2CCNCC2)n1Cc1ccccc1. The average Bonchev–Trinajstić information content (AvgIpc) is 3.04. The van der Waals surface area contributed by atoms with Crippen LogP contribution in [0.5, 0.6) is 0 Å². The number of hydrogen-bond donors (Lipinski definition) is 2. The van der Waals surface area contributed by atoms with Crippen molar-refractivity contribution in [2.45, 2.75) is 37.4 Å². The highest BCUT2D eigenvalue weighted by Crippen LogP contribution is 2.28. The third-order valence-corrected chi connectivity index (χ3v) is 5.74. The molecule has 0 aliphatic carbocycles. The summed E-state index contributed by atoms with van der Waals surface area (Å²) < 4.78 is 2.28. The fourth-order valence-electron chi connectivity index (χ4n) is 2.97. The molecule has 1 saturated heterocycles. The van der Waals surface area contributed by atoms with E-state index in [1.54, 1.807) is 11.8 Å². The number of benzene rings is 1. The molecule has 0 saturated carbocycles. The van der Waals surface area contributed by atoms with Crippen molar-refractivity contribution in [3.63, 3.8) is 0 Å². The highest BCUT2D eigenvalue weighted by atomic mass is 32.2. The monoisotopic (exact) mass is 346 g/mol. The molecule has 1 aliphatic heterocycles. The normalized spacial score (nSPS) is 17.1. The Morgan fingerprint density at radius 1 is 1.25 bits per heavy atom. The van der Waals surface area contributed by atoms with Gasteiger partial charge in [-0.25, -0.2) is 0 Å². The lowest BCUT2D eigenvalue weighted by Crippen LogP contribution is -2.28. The fraction of sp³-hybridized carbons (Fsp3) is 0.556. The molecule has 0 unspecified atom stereocenters. The quantitative estimate of drug-likeness (QED) is 0.754. The Morgan fingerprint density at radius 2 is 2.00 bits per heavy atom. The van der Waals surface area contributed by atoms with Gasteiger partial charge in [-0.15, -0.1) is 10.2 Å². The van der Waals surface area contributed by atoms with Crippen LogP contribution in [0, 0.1) is 5.92 Å². The summed E-state index contributed by atoms with van der Waals surface area (Å²) >= 11 is 1.70. The first-order valence-corrected chi connectivity index (χ1v) is 9.68. The van der Waals surface area contributed by atoms with Crippen LogP contribution in [-0.2, 0) is 6.54 Å². The van der Waals surface area contributed by atoms with Crippen molar-refractivity contribution in [3.8, 4) is 0 Å². The van der Waals surface area contributed by atoms with Gasteiger partial charge in [0.25, 0.3) is 0 Å². The first-order chi connectivity index (χ1) is 11.8. The topological polar surface area (TPSA) is 63.0 Å². The largest absolute Gasteiger partial charge is 0.396 e. The predicted octanol–water partition coefficient (Wildman–Crippen LogP) is 2.51. The Morgan fingerprint density at radius 3 is 2.71 bits per heavy atom. The van der Waals surface area contributed by atoms with Gasteiger partial charge < -0.3 is 15.0 Å². The number of piperidine rings is 1. The van der Waals surface area contributed by atoms with Gasteiger partial charge in [0.1, 0.15) is 5.82 Å². The molecule has 3 rings (SSSR count). The Hall–Kier alpha value is -1.37. The Kier molecular flexibility index (Phi) is 6.29.